The van der Waals surface area contributed by atoms with Gasteiger partial charge in [0.15, 0.2) is 0 Å². The van der Waals surface area contributed by atoms with Gasteiger partial charge in [-0.2, -0.15) is 0 Å². The summed E-state index contributed by atoms with van der Waals surface area (Å²) in [5.74, 6) is 0.952. The minimum Gasteiger partial charge on any atom is -0.496 e. The molecule has 2 nitrogen and oxygen atoms in total. The number of ether oxygens (including phenoxy) is 1. The first kappa shape index (κ1) is 15.6. The molecule has 2 aromatic carbocycles. The van der Waals surface area contributed by atoms with E-state index in [4.69, 9.17) is 4.74 Å². The van der Waals surface area contributed by atoms with Gasteiger partial charge < -0.3 is 10.1 Å². The molecule has 2 heteroatoms. The average Bonchev–Trinajstić information content (AvgIpc) is 2.44. The van der Waals surface area contributed by atoms with E-state index >= 15 is 0 Å². The highest BCUT2D eigenvalue weighted by molar-refractivity contribution is 5.50. The zero-order valence-electron chi connectivity index (χ0n) is 13.9. The van der Waals surface area contributed by atoms with E-state index in [1.807, 2.05) is 7.05 Å². The first-order chi connectivity index (χ1) is 9.97. The molecule has 0 amide bonds. The molecule has 1 atom stereocenters. The third-order valence-electron chi connectivity index (χ3n) is 4.04. The number of hydrogen-bond acceptors (Lipinski definition) is 2. The Hall–Kier alpha value is -1.80. The molecule has 2 rings (SSSR count). The van der Waals surface area contributed by atoms with Crippen LogP contribution in [-0.2, 0) is 0 Å². The average molecular weight is 283 g/mol. The van der Waals surface area contributed by atoms with Gasteiger partial charge in [0.05, 0.1) is 13.2 Å². The molecule has 0 aliphatic carbocycles. The van der Waals surface area contributed by atoms with Crippen LogP contribution in [0.2, 0.25) is 0 Å². The topological polar surface area (TPSA) is 21.3 Å². The highest BCUT2D eigenvalue weighted by Gasteiger charge is 2.21. The molecule has 1 N–H and O–H groups in total. The lowest BCUT2D eigenvalue weighted by molar-refractivity contribution is 0.404. The largest absolute Gasteiger partial charge is 0.496 e. The molecule has 0 spiro atoms. The van der Waals surface area contributed by atoms with Gasteiger partial charge in [-0.15, -0.1) is 0 Å². The molecular weight excluding hydrogens is 258 g/mol. The number of methoxy groups -OCH3 is 1. The summed E-state index contributed by atoms with van der Waals surface area (Å²) >= 11 is 0. The zero-order valence-corrected chi connectivity index (χ0v) is 13.9. The molecule has 1 unspecified atom stereocenters. The Kier molecular flexibility index (Phi) is 4.69. The molecule has 0 bridgehead atoms. The van der Waals surface area contributed by atoms with Crippen LogP contribution in [0.1, 0.15) is 39.4 Å². The Morgan fingerprint density at radius 1 is 0.905 bits per heavy atom. The van der Waals surface area contributed by atoms with E-state index < -0.39 is 0 Å². The van der Waals surface area contributed by atoms with E-state index in [1.54, 1.807) is 7.11 Å². The van der Waals surface area contributed by atoms with Gasteiger partial charge in [0, 0.05) is 5.56 Å². The van der Waals surface area contributed by atoms with Gasteiger partial charge in [-0.05, 0) is 63.1 Å². The molecule has 112 valence electrons. The number of nitrogens with one attached hydrogen (secondary N) is 1. The predicted molar refractivity (Wildman–Crippen MR) is 89.3 cm³/mol. The van der Waals surface area contributed by atoms with Crippen molar-refractivity contribution in [3.8, 4) is 5.75 Å². The number of hydrogen-bond donors (Lipinski definition) is 1. The second-order valence-electron chi connectivity index (χ2n) is 5.78. The smallest absolute Gasteiger partial charge is 0.124 e. The van der Waals surface area contributed by atoms with Crippen LogP contribution in [0.25, 0.3) is 0 Å². The van der Waals surface area contributed by atoms with Gasteiger partial charge in [-0.25, -0.2) is 0 Å². The monoisotopic (exact) mass is 283 g/mol. The highest BCUT2D eigenvalue weighted by atomic mass is 16.5. The SMILES string of the molecule is CNC(c1cc(C)ccc1C)c1c(C)cc(C)cc1OC. The molecular formula is C19H25NO. The number of benzene rings is 2. The molecule has 0 aliphatic rings. The van der Waals surface area contributed by atoms with E-state index in [-0.39, 0.29) is 6.04 Å². The van der Waals surface area contributed by atoms with Crippen LogP contribution in [0, 0.1) is 27.7 Å². The van der Waals surface area contributed by atoms with E-state index in [0.717, 1.165) is 5.75 Å². The lowest BCUT2D eigenvalue weighted by Crippen LogP contribution is -2.20. The van der Waals surface area contributed by atoms with Crippen LogP contribution >= 0.6 is 0 Å². The summed E-state index contributed by atoms with van der Waals surface area (Å²) in [5, 5.41) is 3.46. The Bertz CT molecular complexity index is 646. The lowest BCUT2D eigenvalue weighted by Gasteiger charge is -2.24. The number of aryl methyl sites for hydroxylation is 4. The van der Waals surface area contributed by atoms with Gasteiger partial charge in [0.2, 0.25) is 0 Å². The Morgan fingerprint density at radius 3 is 2.24 bits per heavy atom. The fraction of sp³-hybridized carbons (Fsp3) is 0.368. The van der Waals surface area contributed by atoms with E-state index in [1.165, 1.54) is 33.4 Å². The molecule has 0 aliphatic heterocycles. The molecule has 0 saturated carbocycles. The summed E-state index contributed by atoms with van der Waals surface area (Å²) in [4.78, 5) is 0. The second kappa shape index (κ2) is 6.31. The van der Waals surface area contributed by atoms with E-state index in [0.29, 0.717) is 0 Å². The van der Waals surface area contributed by atoms with Gasteiger partial charge >= 0.3 is 0 Å². The van der Waals surface area contributed by atoms with Crippen molar-refractivity contribution < 1.29 is 4.74 Å². The maximum Gasteiger partial charge on any atom is 0.124 e. The molecule has 0 saturated heterocycles. The fourth-order valence-corrected chi connectivity index (χ4v) is 3.00. The van der Waals surface area contributed by atoms with Crippen LogP contribution in [0.4, 0.5) is 0 Å². The van der Waals surface area contributed by atoms with Gasteiger partial charge in [-0.3, -0.25) is 0 Å². The highest BCUT2D eigenvalue weighted by Crippen LogP contribution is 2.35. The third kappa shape index (κ3) is 3.11. The van der Waals surface area contributed by atoms with Crippen molar-refractivity contribution in [1.29, 1.82) is 0 Å². The molecule has 0 heterocycles. The molecule has 0 radical (unpaired) electrons. The van der Waals surface area contributed by atoms with Crippen molar-refractivity contribution in [2.24, 2.45) is 0 Å². The summed E-state index contributed by atoms with van der Waals surface area (Å²) in [7, 11) is 3.75. The molecule has 0 fully saturated rings. The maximum absolute atomic E-state index is 5.64. The number of rotatable bonds is 4. The lowest BCUT2D eigenvalue weighted by atomic mass is 9.89. The minimum atomic E-state index is 0.139. The van der Waals surface area contributed by atoms with Gasteiger partial charge in [0.25, 0.3) is 0 Å². The normalized spacial score (nSPS) is 12.3. The first-order valence-electron chi connectivity index (χ1n) is 7.37. The van der Waals surface area contributed by atoms with E-state index in [9.17, 15) is 0 Å². The predicted octanol–water partition coefficient (Wildman–Crippen LogP) is 4.24. The summed E-state index contributed by atoms with van der Waals surface area (Å²) in [5.41, 5.74) is 7.58. The standard InChI is InChI=1S/C19H25NO/c1-12-7-8-14(3)16(10-12)19(20-5)18-15(4)9-13(2)11-17(18)21-6/h7-11,19-20H,1-6H3. The molecule has 2 aromatic rings. The van der Waals surface area contributed by atoms with Crippen LogP contribution in [0.3, 0.4) is 0 Å². The maximum atomic E-state index is 5.64. The summed E-state index contributed by atoms with van der Waals surface area (Å²) in [6.07, 6.45) is 0. The van der Waals surface area contributed by atoms with Crippen molar-refractivity contribution in [3.63, 3.8) is 0 Å². The second-order valence-corrected chi connectivity index (χ2v) is 5.78. The zero-order chi connectivity index (χ0) is 15.6. The summed E-state index contributed by atoms with van der Waals surface area (Å²) in [6.45, 7) is 8.55. The molecule has 21 heavy (non-hydrogen) atoms. The van der Waals surface area contributed by atoms with Crippen LogP contribution in [-0.4, -0.2) is 14.2 Å². The quantitative estimate of drug-likeness (QED) is 0.906. The van der Waals surface area contributed by atoms with Gasteiger partial charge in [0.1, 0.15) is 5.75 Å². The van der Waals surface area contributed by atoms with Crippen molar-refractivity contribution >= 4 is 0 Å². The minimum absolute atomic E-state index is 0.139. The Morgan fingerprint density at radius 2 is 1.62 bits per heavy atom. The summed E-state index contributed by atoms with van der Waals surface area (Å²) < 4.78 is 5.64. The van der Waals surface area contributed by atoms with Crippen LogP contribution < -0.4 is 10.1 Å². The fourth-order valence-electron chi connectivity index (χ4n) is 3.00. The van der Waals surface area contributed by atoms with Crippen LogP contribution in [0.5, 0.6) is 5.75 Å². The molecule has 0 aromatic heterocycles. The van der Waals surface area contributed by atoms with Crippen LogP contribution in [0.15, 0.2) is 30.3 Å². The van der Waals surface area contributed by atoms with Crippen molar-refractivity contribution in [1.82, 2.24) is 5.32 Å². The van der Waals surface area contributed by atoms with Gasteiger partial charge in [-0.1, -0.05) is 29.8 Å². The van der Waals surface area contributed by atoms with Crippen molar-refractivity contribution in [2.45, 2.75) is 33.7 Å². The van der Waals surface area contributed by atoms with Crippen molar-refractivity contribution in [3.05, 3.63) is 63.7 Å². The van der Waals surface area contributed by atoms with E-state index in [2.05, 4.69) is 63.3 Å². The summed E-state index contributed by atoms with van der Waals surface area (Å²) in [6, 6.07) is 11.1. The Balaban J connectivity index is 2.64. The third-order valence-corrected chi connectivity index (χ3v) is 4.04. The Labute approximate surface area is 128 Å². The van der Waals surface area contributed by atoms with Crippen molar-refractivity contribution in [2.75, 3.05) is 14.2 Å². The first-order valence-corrected chi connectivity index (χ1v) is 7.37.